The lowest BCUT2D eigenvalue weighted by Gasteiger charge is -2.33. The molecule has 4 nitrogen and oxygen atoms in total. The van der Waals surface area contributed by atoms with Crippen molar-refractivity contribution in [2.45, 2.75) is 30.2 Å². The monoisotopic (exact) mass is 306 g/mol. The molecule has 1 aromatic rings. The first-order valence-corrected chi connectivity index (χ1v) is 7.95. The first-order chi connectivity index (χ1) is 8.96. The summed E-state index contributed by atoms with van der Waals surface area (Å²) in [5.41, 5.74) is 5.61. The third kappa shape index (κ3) is 2.91. The summed E-state index contributed by atoms with van der Waals surface area (Å²) in [5, 5.41) is 0.172. The van der Waals surface area contributed by atoms with Crippen molar-refractivity contribution in [3.8, 4) is 0 Å². The molecule has 1 aromatic carbocycles. The number of nitrogens with two attached hydrogens (primary N) is 1. The Hall–Kier alpha value is -0.690. The lowest BCUT2D eigenvalue weighted by molar-refractivity contribution is 0.257. The maximum absolute atomic E-state index is 13.8. The Morgan fingerprint density at radius 3 is 2.79 bits per heavy atom. The van der Waals surface area contributed by atoms with E-state index in [9.17, 15) is 12.8 Å². The van der Waals surface area contributed by atoms with Crippen molar-refractivity contribution in [2.75, 3.05) is 13.1 Å². The second-order valence-corrected chi connectivity index (χ2v) is 6.87. The normalized spacial score (nSPS) is 21.5. The highest BCUT2D eigenvalue weighted by atomic mass is 35.5. The average molecular weight is 307 g/mol. The summed E-state index contributed by atoms with van der Waals surface area (Å²) < 4.78 is 40.1. The van der Waals surface area contributed by atoms with Gasteiger partial charge in [-0.3, -0.25) is 0 Å². The summed E-state index contributed by atoms with van der Waals surface area (Å²) in [7, 11) is -3.85. The number of rotatable bonds is 3. The van der Waals surface area contributed by atoms with E-state index < -0.39 is 15.8 Å². The van der Waals surface area contributed by atoms with E-state index in [1.54, 1.807) is 0 Å². The van der Waals surface area contributed by atoms with E-state index in [0.29, 0.717) is 13.0 Å². The molecule has 1 aliphatic rings. The van der Waals surface area contributed by atoms with Crippen LogP contribution in [0.2, 0.25) is 5.02 Å². The first-order valence-electron chi connectivity index (χ1n) is 6.14. The molecule has 2 N–H and O–H groups in total. The highest BCUT2D eigenvalue weighted by Crippen LogP contribution is 2.27. The molecule has 1 saturated heterocycles. The molecule has 0 spiro atoms. The zero-order chi connectivity index (χ0) is 14.0. The predicted molar refractivity (Wildman–Crippen MR) is 72.0 cm³/mol. The summed E-state index contributed by atoms with van der Waals surface area (Å²) in [5.74, 6) is -0.825. The molecule has 106 valence electrons. The molecule has 0 saturated carbocycles. The van der Waals surface area contributed by atoms with Crippen LogP contribution in [0.1, 0.15) is 19.3 Å². The van der Waals surface area contributed by atoms with Crippen molar-refractivity contribution in [1.82, 2.24) is 4.31 Å². The van der Waals surface area contributed by atoms with Crippen LogP contribution >= 0.6 is 11.6 Å². The molecule has 1 atom stereocenters. The number of piperidine rings is 1. The lowest BCUT2D eigenvalue weighted by atomic mass is 10.1. The van der Waals surface area contributed by atoms with Crippen LogP contribution in [0, 0.1) is 5.82 Å². The molecule has 0 amide bonds. The van der Waals surface area contributed by atoms with Gasteiger partial charge in [-0.15, -0.1) is 0 Å². The zero-order valence-corrected chi connectivity index (χ0v) is 11.9. The Labute approximate surface area is 117 Å². The molecule has 1 fully saturated rings. The van der Waals surface area contributed by atoms with Crippen molar-refractivity contribution in [2.24, 2.45) is 5.73 Å². The molecular weight excluding hydrogens is 291 g/mol. The quantitative estimate of drug-likeness (QED) is 0.929. The van der Waals surface area contributed by atoms with Crippen LogP contribution in [0.25, 0.3) is 0 Å². The lowest BCUT2D eigenvalue weighted by Crippen LogP contribution is -2.47. The van der Waals surface area contributed by atoms with Crippen LogP contribution in [0.5, 0.6) is 0 Å². The van der Waals surface area contributed by atoms with Gasteiger partial charge in [-0.05, 0) is 31.0 Å². The van der Waals surface area contributed by atoms with Gasteiger partial charge in [0.05, 0.1) is 0 Å². The van der Waals surface area contributed by atoms with Gasteiger partial charge in [-0.1, -0.05) is 18.0 Å². The standard InChI is InChI=1S/C12H16ClFN2O2S/c13-9-4-5-12(11(14)7-9)19(17,18)16-6-2-1-3-10(16)8-15/h4-5,7,10H,1-3,6,8,15H2/t10-/m1/s1. The smallest absolute Gasteiger partial charge is 0.246 e. The van der Waals surface area contributed by atoms with Crippen molar-refractivity contribution < 1.29 is 12.8 Å². The van der Waals surface area contributed by atoms with Gasteiger partial charge in [0.15, 0.2) is 0 Å². The predicted octanol–water partition coefficient (Wildman–Crippen LogP) is 1.98. The Morgan fingerprint density at radius 2 is 2.16 bits per heavy atom. The summed E-state index contributed by atoms with van der Waals surface area (Å²) >= 11 is 5.64. The van der Waals surface area contributed by atoms with Crippen molar-refractivity contribution in [3.05, 3.63) is 29.0 Å². The molecule has 0 bridgehead atoms. The van der Waals surface area contributed by atoms with Crippen molar-refractivity contribution >= 4 is 21.6 Å². The third-order valence-corrected chi connectivity index (χ3v) is 5.55. The van der Waals surface area contributed by atoms with Crippen molar-refractivity contribution in [1.29, 1.82) is 0 Å². The van der Waals surface area contributed by atoms with E-state index in [0.717, 1.165) is 18.9 Å². The van der Waals surface area contributed by atoms with Crippen LogP contribution in [-0.2, 0) is 10.0 Å². The number of hydrogen-bond donors (Lipinski definition) is 1. The summed E-state index contributed by atoms with van der Waals surface area (Å²) in [6.45, 7) is 0.626. The van der Waals surface area contributed by atoms with Crippen LogP contribution in [0.3, 0.4) is 0 Å². The topological polar surface area (TPSA) is 63.4 Å². The van der Waals surface area contributed by atoms with Gasteiger partial charge >= 0.3 is 0 Å². The minimum absolute atomic E-state index is 0.172. The second-order valence-electron chi connectivity index (χ2n) is 4.58. The van der Waals surface area contributed by atoms with E-state index in [-0.39, 0.29) is 22.5 Å². The molecule has 0 unspecified atom stereocenters. The van der Waals surface area contributed by atoms with Gasteiger partial charge in [-0.25, -0.2) is 12.8 Å². The molecule has 1 aliphatic heterocycles. The van der Waals surface area contributed by atoms with Crippen LogP contribution in [0.15, 0.2) is 23.1 Å². The second kappa shape index (κ2) is 5.75. The highest BCUT2D eigenvalue weighted by Gasteiger charge is 2.34. The van der Waals surface area contributed by atoms with Crippen LogP contribution in [-0.4, -0.2) is 31.9 Å². The van der Waals surface area contributed by atoms with Crippen LogP contribution in [0.4, 0.5) is 4.39 Å². The molecule has 19 heavy (non-hydrogen) atoms. The number of nitrogens with zero attached hydrogens (tertiary/aromatic N) is 1. The summed E-state index contributed by atoms with van der Waals surface area (Å²) in [6, 6.07) is 3.33. The number of halogens is 2. The van der Waals surface area contributed by atoms with Gasteiger partial charge < -0.3 is 5.73 Å². The number of benzene rings is 1. The van der Waals surface area contributed by atoms with E-state index in [2.05, 4.69) is 0 Å². The fourth-order valence-corrected chi connectivity index (χ4v) is 4.25. The van der Waals surface area contributed by atoms with Gasteiger partial charge in [0.1, 0.15) is 10.7 Å². The maximum atomic E-state index is 13.8. The van der Waals surface area contributed by atoms with Gasteiger partial charge in [-0.2, -0.15) is 4.31 Å². The molecule has 7 heteroatoms. The highest BCUT2D eigenvalue weighted by molar-refractivity contribution is 7.89. The van der Waals surface area contributed by atoms with E-state index in [1.807, 2.05) is 0 Å². The Bertz CT molecular complexity index is 565. The first kappa shape index (κ1) is 14.7. The number of hydrogen-bond acceptors (Lipinski definition) is 3. The SMILES string of the molecule is NC[C@H]1CCCCN1S(=O)(=O)c1ccc(Cl)cc1F. The average Bonchev–Trinajstić information content (AvgIpc) is 2.38. The molecule has 2 rings (SSSR count). The minimum atomic E-state index is -3.85. The molecule has 0 radical (unpaired) electrons. The Balaban J connectivity index is 2.40. The fraction of sp³-hybridized carbons (Fsp3) is 0.500. The van der Waals surface area contributed by atoms with Gasteiger partial charge in [0.2, 0.25) is 10.0 Å². The number of sulfonamides is 1. The molecule has 1 heterocycles. The Kier molecular flexibility index (Phi) is 4.45. The fourth-order valence-electron chi connectivity index (χ4n) is 2.34. The summed E-state index contributed by atoms with van der Waals surface area (Å²) in [6.07, 6.45) is 2.42. The van der Waals surface area contributed by atoms with Gasteiger partial charge in [0.25, 0.3) is 0 Å². The van der Waals surface area contributed by atoms with Crippen LogP contribution < -0.4 is 5.73 Å². The van der Waals surface area contributed by atoms with E-state index in [1.165, 1.54) is 16.4 Å². The largest absolute Gasteiger partial charge is 0.329 e. The maximum Gasteiger partial charge on any atom is 0.246 e. The molecule has 0 aliphatic carbocycles. The minimum Gasteiger partial charge on any atom is -0.329 e. The Morgan fingerprint density at radius 1 is 1.42 bits per heavy atom. The van der Waals surface area contributed by atoms with E-state index >= 15 is 0 Å². The van der Waals surface area contributed by atoms with Crippen molar-refractivity contribution in [3.63, 3.8) is 0 Å². The summed E-state index contributed by atoms with van der Waals surface area (Å²) in [4.78, 5) is -0.336. The van der Waals surface area contributed by atoms with E-state index in [4.69, 9.17) is 17.3 Å². The molecule has 0 aromatic heterocycles. The molecular formula is C12H16ClFN2O2S. The zero-order valence-electron chi connectivity index (χ0n) is 10.4. The van der Waals surface area contributed by atoms with Gasteiger partial charge in [0, 0.05) is 24.2 Å². The third-order valence-electron chi connectivity index (χ3n) is 3.33.